The van der Waals surface area contributed by atoms with Gasteiger partial charge in [0, 0.05) is 19.4 Å². The lowest BCUT2D eigenvalue weighted by atomic mass is 10.2. The fourth-order valence-corrected chi connectivity index (χ4v) is 1.06. The fourth-order valence-electron chi connectivity index (χ4n) is 1.06. The van der Waals surface area contributed by atoms with Crippen LogP contribution in [0.2, 0.25) is 0 Å². The molecule has 0 aliphatic rings. The third-order valence-electron chi connectivity index (χ3n) is 1.92. The van der Waals surface area contributed by atoms with E-state index >= 15 is 0 Å². The van der Waals surface area contributed by atoms with Gasteiger partial charge in [-0.1, -0.05) is 5.16 Å². The highest BCUT2D eigenvalue weighted by molar-refractivity contribution is 4.98. The third kappa shape index (κ3) is 3.70. The first kappa shape index (κ1) is 11.7. The van der Waals surface area contributed by atoms with E-state index in [9.17, 15) is 0 Å². The first-order chi connectivity index (χ1) is 7.13. The van der Waals surface area contributed by atoms with Gasteiger partial charge in [-0.3, -0.25) is 0 Å². The van der Waals surface area contributed by atoms with E-state index in [0.717, 1.165) is 13.0 Å². The zero-order valence-electron chi connectivity index (χ0n) is 9.10. The molecule has 0 aromatic carbocycles. The SMILES string of the molecule is C#CCC(N)c1nc(CCN(C)C)no1. The molecule has 1 unspecified atom stereocenters. The topological polar surface area (TPSA) is 68.2 Å². The fraction of sp³-hybridized carbons (Fsp3) is 0.600. The molecule has 1 heterocycles. The third-order valence-corrected chi connectivity index (χ3v) is 1.92. The molecule has 0 amide bonds. The zero-order valence-corrected chi connectivity index (χ0v) is 9.10. The van der Waals surface area contributed by atoms with Crippen molar-refractivity contribution in [2.45, 2.75) is 18.9 Å². The Hall–Kier alpha value is -1.38. The van der Waals surface area contributed by atoms with E-state index in [0.29, 0.717) is 18.1 Å². The van der Waals surface area contributed by atoms with E-state index in [4.69, 9.17) is 16.7 Å². The Morgan fingerprint density at radius 3 is 2.93 bits per heavy atom. The molecule has 1 rings (SSSR count). The number of hydrogen-bond donors (Lipinski definition) is 1. The highest BCUT2D eigenvalue weighted by Gasteiger charge is 2.13. The number of rotatable bonds is 5. The van der Waals surface area contributed by atoms with E-state index in [-0.39, 0.29) is 6.04 Å². The molecule has 1 atom stereocenters. The summed E-state index contributed by atoms with van der Waals surface area (Å²) in [5, 5.41) is 3.83. The molecule has 5 nitrogen and oxygen atoms in total. The summed E-state index contributed by atoms with van der Waals surface area (Å²) < 4.78 is 5.01. The van der Waals surface area contributed by atoms with Crippen molar-refractivity contribution in [2.24, 2.45) is 5.73 Å². The van der Waals surface area contributed by atoms with Gasteiger partial charge in [-0.15, -0.1) is 12.3 Å². The van der Waals surface area contributed by atoms with Gasteiger partial charge < -0.3 is 15.2 Å². The molecule has 5 heteroatoms. The van der Waals surface area contributed by atoms with Crippen molar-refractivity contribution in [2.75, 3.05) is 20.6 Å². The summed E-state index contributed by atoms with van der Waals surface area (Å²) in [6, 6.07) is -0.351. The maximum Gasteiger partial charge on any atom is 0.244 e. The number of nitrogens with two attached hydrogens (primary N) is 1. The maximum atomic E-state index is 5.73. The van der Waals surface area contributed by atoms with Crippen molar-refractivity contribution in [1.82, 2.24) is 15.0 Å². The molecule has 0 saturated carbocycles. The van der Waals surface area contributed by atoms with Crippen LogP contribution in [0.5, 0.6) is 0 Å². The van der Waals surface area contributed by atoms with Crippen molar-refractivity contribution in [3.63, 3.8) is 0 Å². The second kappa shape index (κ2) is 5.49. The highest BCUT2D eigenvalue weighted by atomic mass is 16.5. The Bertz CT molecular complexity index is 339. The summed E-state index contributed by atoms with van der Waals surface area (Å²) >= 11 is 0. The first-order valence-electron chi connectivity index (χ1n) is 4.79. The first-order valence-corrected chi connectivity index (χ1v) is 4.79. The minimum Gasteiger partial charge on any atom is -0.338 e. The van der Waals surface area contributed by atoms with E-state index in [1.165, 1.54) is 0 Å². The summed E-state index contributed by atoms with van der Waals surface area (Å²) in [5.41, 5.74) is 5.73. The van der Waals surface area contributed by atoms with Gasteiger partial charge in [-0.2, -0.15) is 4.98 Å². The van der Waals surface area contributed by atoms with Crippen molar-refractivity contribution in [3.8, 4) is 12.3 Å². The predicted octanol–water partition coefficient (Wildman–Crippen LogP) is 0.197. The van der Waals surface area contributed by atoms with Crippen LogP contribution in [0, 0.1) is 12.3 Å². The minimum absolute atomic E-state index is 0.351. The van der Waals surface area contributed by atoms with E-state index in [1.807, 2.05) is 14.1 Å². The van der Waals surface area contributed by atoms with Crippen molar-refractivity contribution in [3.05, 3.63) is 11.7 Å². The lowest BCUT2D eigenvalue weighted by Crippen LogP contribution is -2.16. The van der Waals surface area contributed by atoms with Gasteiger partial charge in [0.2, 0.25) is 5.89 Å². The number of aromatic nitrogens is 2. The Balaban J connectivity index is 2.53. The average Bonchev–Trinajstić information content (AvgIpc) is 2.63. The summed E-state index contributed by atoms with van der Waals surface area (Å²) in [4.78, 5) is 6.23. The molecule has 0 fully saturated rings. The Morgan fingerprint density at radius 1 is 1.60 bits per heavy atom. The summed E-state index contributed by atoms with van der Waals surface area (Å²) in [6.07, 6.45) is 6.31. The van der Waals surface area contributed by atoms with Gasteiger partial charge in [0.15, 0.2) is 5.82 Å². The molecule has 0 radical (unpaired) electrons. The summed E-state index contributed by atoms with van der Waals surface area (Å²) in [5.74, 6) is 3.56. The van der Waals surface area contributed by atoms with Crippen molar-refractivity contribution in [1.29, 1.82) is 0 Å². The van der Waals surface area contributed by atoms with Crippen LogP contribution in [-0.4, -0.2) is 35.7 Å². The molecule has 0 spiro atoms. The molecule has 1 aromatic heterocycles. The predicted molar refractivity (Wildman–Crippen MR) is 56.9 cm³/mol. The van der Waals surface area contributed by atoms with Crippen molar-refractivity contribution >= 4 is 0 Å². The van der Waals surface area contributed by atoms with Gasteiger partial charge >= 0.3 is 0 Å². The molecule has 0 aliphatic carbocycles. The van der Waals surface area contributed by atoms with Gasteiger partial charge in [0.05, 0.1) is 6.04 Å². The van der Waals surface area contributed by atoms with Crippen LogP contribution >= 0.6 is 0 Å². The molecule has 15 heavy (non-hydrogen) atoms. The number of terminal acetylenes is 1. The normalized spacial score (nSPS) is 12.7. The van der Waals surface area contributed by atoms with Crippen LogP contribution in [0.1, 0.15) is 24.2 Å². The monoisotopic (exact) mass is 208 g/mol. The maximum absolute atomic E-state index is 5.73. The van der Waals surface area contributed by atoms with Crippen molar-refractivity contribution < 1.29 is 4.52 Å². The van der Waals surface area contributed by atoms with Gasteiger partial charge in [-0.25, -0.2) is 0 Å². The molecule has 0 aliphatic heterocycles. The van der Waals surface area contributed by atoms with Crippen LogP contribution in [0.15, 0.2) is 4.52 Å². The largest absolute Gasteiger partial charge is 0.338 e. The number of hydrogen-bond acceptors (Lipinski definition) is 5. The average molecular weight is 208 g/mol. The zero-order chi connectivity index (χ0) is 11.3. The molecule has 82 valence electrons. The van der Waals surface area contributed by atoms with Crippen LogP contribution in [0.4, 0.5) is 0 Å². The van der Waals surface area contributed by atoms with Crippen LogP contribution < -0.4 is 5.73 Å². The van der Waals surface area contributed by atoms with E-state index < -0.39 is 0 Å². The molecular weight excluding hydrogens is 192 g/mol. The lowest BCUT2D eigenvalue weighted by molar-refractivity contribution is 0.348. The van der Waals surface area contributed by atoms with Gasteiger partial charge in [0.25, 0.3) is 0 Å². The molecule has 0 saturated heterocycles. The molecule has 1 aromatic rings. The van der Waals surface area contributed by atoms with Crippen LogP contribution in [-0.2, 0) is 6.42 Å². The standard InChI is InChI=1S/C10H16N4O/c1-4-5-8(11)10-12-9(13-15-10)6-7-14(2)3/h1,8H,5-7,11H2,2-3H3. The van der Waals surface area contributed by atoms with Gasteiger partial charge in [0.1, 0.15) is 0 Å². The molecule has 2 N–H and O–H groups in total. The van der Waals surface area contributed by atoms with Gasteiger partial charge in [-0.05, 0) is 14.1 Å². The van der Waals surface area contributed by atoms with E-state index in [1.54, 1.807) is 0 Å². The van der Waals surface area contributed by atoms with Crippen LogP contribution in [0.25, 0.3) is 0 Å². The summed E-state index contributed by atoms with van der Waals surface area (Å²) in [6.45, 7) is 0.878. The summed E-state index contributed by atoms with van der Waals surface area (Å²) in [7, 11) is 3.98. The minimum atomic E-state index is -0.351. The lowest BCUT2D eigenvalue weighted by Gasteiger charge is -2.05. The van der Waals surface area contributed by atoms with Crippen LogP contribution in [0.3, 0.4) is 0 Å². The Labute approximate surface area is 89.6 Å². The second-order valence-electron chi connectivity index (χ2n) is 3.62. The molecule has 0 bridgehead atoms. The van der Waals surface area contributed by atoms with E-state index in [2.05, 4.69) is 21.0 Å². The number of likely N-dealkylation sites (N-methyl/N-ethyl adjacent to an activating group) is 1. The Morgan fingerprint density at radius 2 is 2.33 bits per heavy atom. The quantitative estimate of drug-likeness (QED) is 0.700. The highest BCUT2D eigenvalue weighted by Crippen LogP contribution is 2.10. The number of nitrogens with zero attached hydrogens (tertiary/aromatic N) is 3. The molecular formula is C10H16N4O. The Kier molecular flexibility index (Phi) is 4.28. The smallest absolute Gasteiger partial charge is 0.244 e. The second-order valence-corrected chi connectivity index (χ2v) is 3.62.